The molecule has 0 radical (unpaired) electrons. The van der Waals surface area contributed by atoms with Gasteiger partial charge in [-0.15, -0.1) is 0 Å². The maximum Gasteiger partial charge on any atom is 0.416 e. The van der Waals surface area contributed by atoms with E-state index in [4.69, 9.17) is 5.11 Å². The quantitative estimate of drug-likeness (QED) is 0.845. The van der Waals surface area contributed by atoms with E-state index in [9.17, 15) is 22.8 Å². The number of carbonyl (C=O) groups is 2. The van der Waals surface area contributed by atoms with Crippen LogP contribution in [0.4, 0.5) is 18.9 Å². The van der Waals surface area contributed by atoms with Crippen molar-refractivity contribution in [3.05, 3.63) is 29.8 Å². The van der Waals surface area contributed by atoms with E-state index in [-0.39, 0.29) is 24.8 Å². The first-order valence-electron chi connectivity index (χ1n) is 6.52. The summed E-state index contributed by atoms with van der Waals surface area (Å²) in [5.74, 6) is -1.66. The lowest BCUT2D eigenvalue weighted by Crippen LogP contribution is -2.41. The Hall–Kier alpha value is -2.09. The van der Waals surface area contributed by atoms with Crippen LogP contribution in [-0.4, -0.2) is 41.0 Å². The molecular formula is C14H17F3N2O3. The Kier molecular flexibility index (Phi) is 5.92. The number of carboxylic acid groups (broad SMARTS) is 1. The third-order valence-electron chi connectivity index (χ3n) is 2.89. The van der Waals surface area contributed by atoms with E-state index in [1.54, 1.807) is 13.8 Å². The number of hydrogen-bond donors (Lipinski definition) is 2. The van der Waals surface area contributed by atoms with E-state index in [0.717, 1.165) is 12.1 Å². The highest BCUT2D eigenvalue weighted by molar-refractivity contribution is 5.92. The van der Waals surface area contributed by atoms with Crippen LogP contribution in [0.25, 0.3) is 0 Å². The molecular weight excluding hydrogens is 301 g/mol. The van der Waals surface area contributed by atoms with Gasteiger partial charge in [-0.1, -0.05) is 6.07 Å². The fraction of sp³-hybridized carbons (Fsp3) is 0.429. The minimum absolute atomic E-state index is 0.0128. The summed E-state index contributed by atoms with van der Waals surface area (Å²) in [5.41, 5.74) is -0.851. The van der Waals surface area contributed by atoms with E-state index >= 15 is 0 Å². The van der Waals surface area contributed by atoms with E-state index in [1.165, 1.54) is 17.0 Å². The molecule has 0 spiro atoms. The van der Waals surface area contributed by atoms with E-state index in [0.29, 0.717) is 0 Å². The molecule has 0 aliphatic heterocycles. The average molecular weight is 318 g/mol. The van der Waals surface area contributed by atoms with Crippen molar-refractivity contribution in [1.82, 2.24) is 4.90 Å². The van der Waals surface area contributed by atoms with Gasteiger partial charge in [0.05, 0.1) is 18.7 Å². The molecule has 2 N–H and O–H groups in total. The second-order valence-electron chi connectivity index (χ2n) is 5.02. The van der Waals surface area contributed by atoms with Crippen LogP contribution in [0.15, 0.2) is 24.3 Å². The van der Waals surface area contributed by atoms with Gasteiger partial charge in [0.15, 0.2) is 0 Å². The standard InChI is InChI=1S/C14H17F3N2O3/c1-9(2)19(8-13(21)22)7-12(20)18-11-5-3-4-10(6-11)14(15,16)17/h3-6,9H,7-8H2,1-2H3,(H,18,20)(H,21,22). The number of carbonyl (C=O) groups excluding carboxylic acids is 1. The molecule has 1 amide bonds. The minimum Gasteiger partial charge on any atom is -0.480 e. The molecule has 0 unspecified atom stereocenters. The number of anilines is 1. The van der Waals surface area contributed by atoms with Crippen LogP contribution in [-0.2, 0) is 15.8 Å². The van der Waals surface area contributed by atoms with Gasteiger partial charge in [-0.2, -0.15) is 13.2 Å². The third kappa shape index (κ3) is 5.72. The number of hydrogen-bond acceptors (Lipinski definition) is 3. The van der Waals surface area contributed by atoms with Gasteiger partial charge in [-0.25, -0.2) is 0 Å². The summed E-state index contributed by atoms with van der Waals surface area (Å²) in [6.45, 7) is 2.90. The molecule has 0 bridgehead atoms. The fourth-order valence-electron chi connectivity index (χ4n) is 1.75. The lowest BCUT2D eigenvalue weighted by atomic mass is 10.2. The predicted octanol–water partition coefficient (Wildman–Crippen LogP) is 2.44. The Bertz CT molecular complexity index is 544. The van der Waals surface area contributed by atoms with Gasteiger partial charge in [0, 0.05) is 11.7 Å². The molecule has 1 rings (SSSR count). The maximum absolute atomic E-state index is 12.6. The van der Waals surface area contributed by atoms with Crippen molar-refractivity contribution in [1.29, 1.82) is 0 Å². The van der Waals surface area contributed by atoms with Crippen molar-refractivity contribution < 1.29 is 27.9 Å². The van der Waals surface area contributed by atoms with Crippen LogP contribution in [0.1, 0.15) is 19.4 Å². The molecule has 8 heteroatoms. The summed E-state index contributed by atoms with van der Waals surface area (Å²) in [6.07, 6.45) is -4.49. The first kappa shape index (κ1) is 18.0. The topological polar surface area (TPSA) is 69.6 Å². The second-order valence-corrected chi connectivity index (χ2v) is 5.02. The van der Waals surface area contributed by atoms with Gasteiger partial charge in [-0.3, -0.25) is 14.5 Å². The van der Waals surface area contributed by atoms with Gasteiger partial charge in [0.1, 0.15) is 0 Å². The van der Waals surface area contributed by atoms with Crippen molar-refractivity contribution in [3.63, 3.8) is 0 Å². The van der Waals surface area contributed by atoms with Crippen LogP contribution < -0.4 is 5.32 Å². The number of aliphatic carboxylic acids is 1. The number of carboxylic acids is 1. The number of amides is 1. The first-order valence-corrected chi connectivity index (χ1v) is 6.52. The molecule has 22 heavy (non-hydrogen) atoms. The Morgan fingerprint density at radius 2 is 1.91 bits per heavy atom. The van der Waals surface area contributed by atoms with Crippen molar-refractivity contribution in [3.8, 4) is 0 Å². The summed E-state index contributed by atoms with van der Waals surface area (Å²) in [5, 5.41) is 11.1. The molecule has 1 aromatic rings. The SMILES string of the molecule is CC(C)N(CC(=O)O)CC(=O)Nc1cccc(C(F)(F)F)c1. The lowest BCUT2D eigenvalue weighted by Gasteiger charge is -2.23. The lowest BCUT2D eigenvalue weighted by molar-refractivity contribution is -0.139. The fourth-order valence-corrected chi connectivity index (χ4v) is 1.75. The average Bonchev–Trinajstić information content (AvgIpc) is 2.36. The van der Waals surface area contributed by atoms with Crippen molar-refractivity contribution in [2.24, 2.45) is 0 Å². The molecule has 0 heterocycles. The predicted molar refractivity (Wildman–Crippen MR) is 74.4 cm³/mol. The summed E-state index contributed by atoms with van der Waals surface area (Å²) >= 11 is 0. The molecule has 122 valence electrons. The van der Waals surface area contributed by atoms with Crippen molar-refractivity contribution in [2.75, 3.05) is 18.4 Å². The summed E-state index contributed by atoms with van der Waals surface area (Å²) in [4.78, 5) is 23.9. The van der Waals surface area contributed by atoms with Gasteiger partial charge in [0.2, 0.25) is 5.91 Å². The smallest absolute Gasteiger partial charge is 0.416 e. The van der Waals surface area contributed by atoms with E-state index in [1.807, 2.05) is 0 Å². The molecule has 1 aromatic carbocycles. The molecule has 0 aliphatic rings. The first-order chi connectivity index (χ1) is 10.1. The molecule has 0 aliphatic carbocycles. The third-order valence-corrected chi connectivity index (χ3v) is 2.89. The second kappa shape index (κ2) is 7.26. The van der Waals surface area contributed by atoms with Crippen LogP contribution in [0.3, 0.4) is 0 Å². The number of alkyl halides is 3. The number of nitrogens with zero attached hydrogens (tertiary/aromatic N) is 1. The number of benzene rings is 1. The Balaban J connectivity index is 2.74. The van der Waals surface area contributed by atoms with Crippen molar-refractivity contribution >= 4 is 17.6 Å². The van der Waals surface area contributed by atoms with Crippen molar-refractivity contribution in [2.45, 2.75) is 26.1 Å². The highest BCUT2D eigenvalue weighted by Gasteiger charge is 2.30. The van der Waals surface area contributed by atoms with Gasteiger partial charge in [-0.05, 0) is 32.0 Å². The maximum atomic E-state index is 12.6. The monoisotopic (exact) mass is 318 g/mol. The minimum atomic E-state index is -4.49. The number of nitrogens with one attached hydrogen (secondary N) is 1. The van der Waals surface area contributed by atoms with Crippen LogP contribution >= 0.6 is 0 Å². The van der Waals surface area contributed by atoms with Gasteiger partial charge in [0.25, 0.3) is 0 Å². The normalized spacial score (nSPS) is 11.8. The Labute approximate surface area is 125 Å². The van der Waals surface area contributed by atoms with E-state index in [2.05, 4.69) is 5.32 Å². The van der Waals surface area contributed by atoms with Gasteiger partial charge >= 0.3 is 12.1 Å². The molecule has 0 saturated heterocycles. The molecule has 0 saturated carbocycles. The highest BCUT2D eigenvalue weighted by atomic mass is 19.4. The zero-order valence-corrected chi connectivity index (χ0v) is 12.1. The van der Waals surface area contributed by atoms with E-state index < -0.39 is 23.6 Å². The largest absolute Gasteiger partial charge is 0.480 e. The van der Waals surface area contributed by atoms with Crippen LogP contribution in [0.5, 0.6) is 0 Å². The molecule has 0 atom stereocenters. The number of halogens is 3. The molecule has 0 fully saturated rings. The highest BCUT2D eigenvalue weighted by Crippen LogP contribution is 2.30. The molecule has 0 aromatic heterocycles. The zero-order chi connectivity index (χ0) is 16.9. The Morgan fingerprint density at radius 3 is 2.41 bits per heavy atom. The zero-order valence-electron chi connectivity index (χ0n) is 12.1. The summed E-state index contributed by atoms with van der Waals surface area (Å²) in [7, 11) is 0. The van der Waals surface area contributed by atoms with Crippen LogP contribution in [0, 0.1) is 0 Å². The number of rotatable bonds is 6. The summed E-state index contributed by atoms with van der Waals surface area (Å²) in [6, 6.07) is 4.07. The van der Waals surface area contributed by atoms with Crippen LogP contribution in [0.2, 0.25) is 0 Å². The summed E-state index contributed by atoms with van der Waals surface area (Å²) < 4.78 is 37.7. The molecule has 5 nitrogen and oxygen atoms in total. The Morgan fingerprint density at radius 1 is 1.27 bits per heavy atom. The van der Waals surface area contributed by atoms with Gasteiger partial charge < -0.3 is 10.4 Å².